The van der Waals surface area contributed by atoms with Gasteiger partial charge in [-0.05, 0) is 17.5 Å². The van der Waals surface area contributed by atoms with Gasteiger partial charge in [-0.15, -0.1) is 0 Å². The number of aromatic nitrogens is 4. The van der Waals surface area contributed by atoms with Gasteiger partial charge in [0.15, 0.2) is 11.5 Å². The Hall–Kier alpha value is -3.33. The minimum Gasteiger partial charge on any atom is -0.390 e. The van der Waals surface area contributed by atoms with Crippen LogP contribution in [0.15, 0.2) is 73.3 Å². The SMILES string of the molecule is Nc1ncnc2c1ncn2C1CC(OCc2ccccc2)C(COCc2ccccc2)C1O. The maximum Gasteiger partial charge on any atom is 0.165 e. The van der Waals surface area contributed by atoms with E-state index in [2.05, 4.69) is 15.0 Å². The Kier molecular flexibility index (Phi) is 6.30. The van der Waals surface area contributed by atoms with E-state index in [0.717, 1.165) is 11.1 Å². The lowest BCUT2D eigenvalue weighted by molar-refractivity contribution is -0.0475. The van der Waals surface area contributed by atoms with Crippen molar-refractivity contribution in [3.63, 3.8) is 0 Å². The average Bonchev–Trinajstić information content (AvgIpc) is 3.41. The number of imidazole rings is 1. The van der Waals surface area contributed by atoms with Gasteiger partial charge >= 0.3 is 0 Å². The van der Waals surface area contributed by atoms with E-state index in [1.54, 1.807) is 6.33 Å². The fourth-order valence-corrected chi connectivity index (χ4v) is 4.51. The highest BCUT2D eigenvalue weighted by Crippen LogP contribution is 2.39. The minimum absolute atomic E-state index is 0.183. The Bertz CT molecular complexity index is 1180. The second kappa shape index (κ2) is 9.66. The van der Waals surface area contributed by atoms with Crippen LogP contribution in [0.4, 0.5) is 5.82 Å². The molecule has 33 heavy (non-hydrogen) atoms. The highest BCUT2D eigenvalue weighted by atomic mass is 16.5. The third kappa shape index (κ3) is 4.59. The van der Waals surface area contributed by atoms with Gasteiger partial charge in [0.25, 0.3) is 0 Å². The molecule has 1 saturated carbocycles. The van der Waals surface area contributed by atoms with Gasteiger partial charge in [0, 0.05) is 5.92 Å². The largest absolute Gasteiger partial charge is 0.390 e. The van der Waals surface area contributed by atoms with Crippen molar-refractivity contribution < 1.29 is 14.6 Å². The molecule has 8 nitrogen and oxygen atoms in total. The molecule has 0 amide bonds. The van der Waals surface area contributed by atoms with Crippen LogP contribution in [0, 0.1) is 5.92 Å². The Balaban J connectivity index is 1.35. The summed E-state index contributed by atoms with van der Waals surface area (Å²) < 4.78 is 14.2. The first-order chi connectivity index (χ1) is 16.2. The number of nitrogen functional groups attached to an aromatic ring is 1. The van der Waals surface area contributed by atoms with Gasteiger partial charge in [-0.3, -0.25) is 0 Å². The zero-order chi connectivity index (χ0) is 22.6. The molecule has 5 rings (SSSR count). The van der Waals surface area contributed by atoms with Crippen LogP contribution in [0.2, 0.25) is 0 Å². The standard InChI is InChI=1S/C25H27N5O3/c26-24-22-25(28-15-27-24)30(16-29-22)20-11-21(33-13-18-9-5-2-6-10-18)19(23(20)31)14-32-12-17-7-3-1-4-8-17/h1-10,15-16,19-21,23,31H,11-14H2,(H2,26,27,28). The molecule has 1 aliphatic rings. The molecular weight excluding hydrogens is 418 g/mol. The second-order valence-electron chi connectivity index (χ2n) is 8.38. The molecule has 8 heteroatoms. The zero-order valence-electron chi connectivity index (χ0n) is 18.2. The molecule has 2 aromatic heterocycles. The van der Waals surface area contributed by atoms with Crippen molar-refractivity contribution in [1.29, 1.82) is 0 Å². The van der Waals surface area contributed by atoms with Crippen molar-refractivity contribution in [2.24, 2.45) is 5.92 Å². The smallest absolute Gasteiger partial charge is 0.165 e. The molecule has 0 bridgehead atoms. The van der Waals surface area contributed by atoms with Crippen molar-refractivity contribution in [3.8, 4) is 0 Å². The molecule has 1 aliphatic carbocycles. The summed E-state index contributed by atoms with van der Waals surface area (Å²) in [7, 11) is 0. The van der Waals surface area contributed by atoms with E-state index in [9.17, 15) is 5.11 Å². The summed E-state index contributed by atoms with van der Waals surface area (Å²) in [5.41, 5.74) is 9.29. The number of aliphatic hydroxyl groups excluding tert-OH is 1. The fourth-order valence-electron chi connectivity index (χ4n) is 4.51. The van der Waals surface area contributed by atoms with Crippen LogP contribution in [-0.2, 0) is 22.7 Å². The summed E-state index contributed by atoms with van der Waals surface area (Å²) >= 11 is 0. The lowest BCUT2D eigenvalue weighted by atomic mass is 10.0. The third-order valence-corrected chi connectivity index (χ3v) is 6.26. The minimum atomic E-state index is -0.685. The molecule has 1 fully saturated rings. The van der Waals surface area contributed by atoms with E-state index in [4.69, 9.17) is 15.2 Å². The number of benzene rings is 2. The number of aliphatic hydroxyl groups is 1. The van der Waals surface area contributed by atoms with Gasteiger partial charge in [-0.1, -0.05) is 60.7 Å². The van der Waals surface area contributed by atoms with Crippen LogP contribution < -0.4 is 5.73 Å². The Morgan fingerprint density at radius 3 is 2.36 bits per heavy atom. The van der Waals surface area contributed by atoms with Crippen LogP contribution in [0.1, 0.15) is 23.6 Å². The molecule has 0 aliphatic heterocycles. The van der Waals surface area contributed by atoms with Gasteiger partial charge in [-0.2, -0.15) is 0 Å². The molecule has 0 radical (unpaired) electrons. The summed E-state index contributed by atoms with van der Waals surface area (Å²) in [6.45, 7) is 1.34. The molecule has 4 aromatic rings. The van der Waals surface area contributed by atoms with Crippen LogP contribution in [0.25, 0.3) is 11.2 Å². The van der Waals surface area contributed by atoms with Crippen molar-refractivity contribution in [1.82, 2.24) is 19.5 Å². The monoisotopic (exact) mass is 445 g/mol. The summed E-state index contributed by atoms with van der Waals surface area (Å²) in [5.74, 6) is 0.130. The summed E-state index contributed by atoms with van der Waals surface area (Å²) in [5, 5.41) is 11.3. The summed E-state index contributed by atoms with van der Waals surface area (Å²) in [4.78, 5) is 12.7. The first-order valence-electron chi connectivity index (χ1n) is 11.1. The number of hydrogen-bond donors (Lipinski definition) is 2. The van der Waals surface area contributed by atoms with Gasteiger partial charge in [-0.25, -0.2) is 15.0 Å². The molecule has 170 valence electrons. The summed E-state index contributed by atoms with van der Waals surface area (Å²) in [6.07, 6.45) is 2.84. The van der Waals surface area contributed by atoms with Crippen molar-refractivity contribution >= 4 is 17.0 Å². The molecule has 3 N–H and O–H groups in total. The quantitative estimate of drug-likeness (QED) is 0.429. The van der Waals surface area contributed by atoms with Crippen LogP contribution >= 0.6 is 0 Å². The number of nitrogens with zero attached hydrogens (tertiary/aromatic N) is 4. The molecule has 0 spiro atoms. The highest BCUT2D eigenvalue weighted by Gasteiger charge is 2.44. The van der Waals surface area contributed by atoms with E-state index in [0.29, 0.717) is 43.2 Å². The number of hydrogen-bond acceptors (Lipinski definition) is 7. The normalized spacial score (nSPS) is 22.7. The molecule has 0 saturated heterocycles. The Labute approximate surface area is 192 Å². The first kappa shape index (κ1) is 21.5. The first-order valence-corrected chi connectivity index (χ1v) is 11.1. The van der Waals surface area contributed by atoms with Crippen LogP contribution in [0.3, 0.4) is 0 Å². The van der Waals surface area contributed by atoms with E-state index < -0.39 is 6.10 Å². The van der Waals surface area contributed by atoms with Crippen molar-refractivity contribution in [2.75, 3.05) is 12.3 Å². The maximum absolute atomic E-state index is 11.3. The van der Waals surface area contributed by atoms with Crippen LogP contribution in [-0.4, -0.2) is 43.4 Å². The van der Waals surface area contributed by atoms with Crippen LogP contribution in [0.5, 0.6) is 0 Å². The predicted molar refractivity (Wildman–Crippen MR) is 124 cm³/mol. The van der Waals surface area contributed by atoms with Crippen molar-refractivity contribution in [3.05, 3.63) is 84.4 Å². The molecule has 2 heterocycles. The lowest BCUT2D eigenvalue weighted by Gasteiger charge is -2.23. The van der Waals surface area contributed by atoms with Gasteiger partial charge in [0.1, 0.15) is 11.8 Å². The maximum atomic E-state index is 11.3. The van der Waals surface area contributed by atoms with Gasteiger partial charge in [0.05, 0.1) is 44.4 Å². The second-order valence-corrected chi connectivity index (χ2v) is 8.38. The fraction of sp³-hybridized carbons (Fsp3) is 0.320. The highest BCUT2D eigenvalue weighted by molar-refractivity contribution is 5.81. The topological polar surface area (TPSA) is 108 Å². The predicted octanol–water partition coefficient (Wildman–Crippen LogP) is 3.13. The number of rotatable bonds is 8. The number of nitrogens with two attached hydrogens (primary N) is 1. The summed E-state index contributed by atoms with van der Waals surface area (Å²) in [6, 6.07) is 19.8. The van der Waals surface area contributed by atoms with Gasteiger partial charge in [0.2, 0.25) is 0 Å². The number of anilines is 1. The molecule has 4 atom stereocenters. The van der Waals surface area contributed by atoms with Gasteiger partial charge < -0.3 is 24.9 Å². The third-order valence-electron chi connectivity index (χ3n) is 6.26. The van der Waals surface area contributed by atoms with E-state index in [1.165, 1.54) is 6.33 Å². The number of ether oxygens (including phenoxy) is 2. The Morgan fingerprint density at radius 1 is 0.939 bits per heavy atom. The van der Waals surface area contributed by atoms with E-state index >= 15 is 0 Å². The van der Waals surface area contributed by atoms with Crippen molar-refractivity contribution in [2.45, 2.75) is 37.9 Å². The lowest BCUT2D eigenvalue weighted by Crippen LogP contribution is -2.31. The molecule has 2 aromatic carbocycles. The average molecular weight is 446 g/mol. The molecule has 4 unspecified atom stereocenters. The number of fused-ring (bicyclic) bond motifs is 1. The molecular formula is C25H27N5O3. The zero-order valence-corrected chi connectivity index (χ0v) is 18.2. The van der Waals surface area contributed by atoms with E-state index in [-0.39, 0.29) is 18.1 Å². The Morgan fingerprint density at radius 2 is 1.64 bits per heavy atom. The van der Waals surface area contributed by atoms with E-state index in [1.807, 2.05) is 65.2 Å².